The highest BCUT2D eigenvalue weighted by atomic mass is 35.5. The second kappa shape index (κ2) is 5.70. The first-order valence-corrected chi connectivity index (χ1v) is 7.53. The number of hydrogen-bond acceptors (Lipinski definition) is 2. The SMILES string of the molecule is COC1CCCC1n1c(CCCl)nc2c(F)cccc21. The number of nitrogens with zero attached hydrogens (tertiary/aromatic N) is 2. The molecule has 3 nitrogen and oxygen atoms in total. The fourth-order valence-electron chi connectivity index (χ4n) is 3.24. The van der Waals surface area contributed by atoms with Gasteiger partial charge in [-0.15, -0.1) is 11.6 Å². The van der Waals surface area contributed by atoms with Crippen LogP contribution in [0.2, 0.25) is 0 Å². The number of aryl methyl sites for hydroxylation is 1. The van der Waals surface area contributed by atoms with E-state index in [9.17, 15) is 4.39 Å². The molecule has 2 unspecified atom stereocenters. The third kappa shape index (κ3) is 2.21. The number of hydrogen-bond donors (Lipinski definition) is 0. The van der Waals surface area contributed by atoms with Gasteiger partial charge in [0, 0.05) is 19.4 Å². The molecule has 1 aliphatic rings. The molecule has 3 rings (SSSR count). The molecule has 5 heteroatoms. The Morgan fingerprint density at radius 1 is 1.45 bits per heavy atom. The van der Waals surface area contributed by atoms with Gasteiger partial charge in [-0.1, -0.05) is 6.07 Å². The van der Waals surface area contributed by atoms with E-state index in [0.717, 1.165) is 30.6 Å². The zero-order chi connectivity index (χ0) is 14.1. The minimum absolute atomic E-state index is 0.171. The van der Waals surface area contributed by atoms with Gasteiger partial charge in [0.15, 0.2) is 5.82 Å². The number of rotatable bonds is 4. The maximum Gasteiger partial charge on any atom is 0.151 e. The minimum atomic E-state index is -0.274. The van der Waals surface area contributed by atoms with Gasteiger partial charge >= 0.3 is 0 Å². The van der Waals surface area contributed by atoms with Crippen molar-refractivity contribution in [2.24, 2.45) is 0 Å². The van der Waals surface area contributed by atoms with Crippen LogP contribution in [0.4, 0.5) is 4.39 Å². The predicted octanol–water partition coefficient (Wildman–Crippen LogP) is 3.70. The Morgan fingerprint density at radius 2 is 2.30 bits per heavy atom. The summed E-state index contributed by atoms with van der Waals surface area (Å²) in [5.74, 6) is 1.06. The number of aromatic nitrogens is 2. The van der Waals surface area contributed by atoms with E-state index >= 15 is 0 Å². The van der Waals surface area contributed by atoms with E-state index in [1.807, 2.05) is 6.07 Å². The lowest BCUT2D eigenvalue weighted by Crippen LogP contribution is -2.22. The van der Waals surface area contributed by atoms with Crippen LogP contribution >= 0.6 is 11.6 Å². The monoisotopic (exact) mass is 296 g/mol. The van der Waals surface area contributed by atoms with Crippen molar-refractivity contribution >= 4 is 22.6 Å². The summed E-state index contributed by atoms with van der Waals surface area (Å²) >= 11 is 5.87. The number of alkyl halides is 1. The molecule has 2 aromatic rings. The maximum atomic E-state index is 13.9. The fraction of sp³-hybridized carbons (Fsp3) is 0.533. The van der Waals surface area contributed by atoms with Gasteiger partial charge in [0.2, 0.25) is 0 Å². The summed E-state index contributed by atoms with van der Waals surface area (Å²) in [4.78, 5) is 4.46. The molecule has 1 aromatic carbocycles. The first-order valence-electron chi connectivity index (χ1n) is 7.00. The zero-order valence-corrected chi connectivity index (χ0v) is 12.2. The highest BCUT2D eigenvalue weighted by Gasteiger charge is 2.31. The van der Waals surface area contributed by atoms with Crippen LogP contribution in [0.15, 0.2) is 18.2 Å². The number of methoxy groups -OCH3 is 1. The molecule has 0 amide bonds. The van der Waals surface area contributed by atoms with E-state index < -0.39 is 0 Å². The van der Waals surface area contributed by atoms with E-state index in [-0.39, 0.29) is 18.0 Å². The van der Waals surface area contributed by atoms with Crippen LogP contribution in [0.3, 0.4) is 0 Å². The molecule has 2 atom stereocenters. The van der Waals surface area contributed by atoms with Crippen LogP contribution in [0.25, 0.3) is 11.0 Å². The van der Waals surface area contributed by atoms with Crippen LogP contribution in [0.1, 0.15) is 31.1 Å². The Labute approximate surface area is 122 Å². The van der Waals surface area contributed by atoms with Crippen LogP contribution in [0, 0.1) is 5.82 Å². The molecule has 0 spiro atoms. The second-order valence-corrected chi connectivity index (χ2v) is 5.59. The summed E-state index contributed by atoms with van der Waals surface area (Å²) in [6.45, 7) is 0. The Bertz CT molecular complexity index is 613. The van der Waals surface area contributed by atoms with Gasteiger partial charge in [-0.25, -0.2) is 9.37 Å². The molecule has 0 saturated heterocycles. The van der Waals surface area contributed by atoms with Crippen LogP contribution in [-0.2, 0) is 11.2 Å². The fourth-order valence-corrected chi connectivity index (χ4v) is 3.41. The Balaban J connectivity index is 2.16. The lowest BCUT2D eigenvalue weighted by Gasteiger charge is -2.22. The van der Waals surface area contributed by atoms with Crippen LogP contribution in [-0.4, -0.2) is 28.6 Å². The number of benzene rings is 1. The van der Waals surface area contributed by atoms with Crippen molar-refractivity contribution in [2.45, 2.75) is 37.8 Å². The van der Waals surface area contributed by atoms with E-state index in [1.165, 1.54) is 6.07 Å². The smallest absolute Gasteiger partial charge is 0.151 e. The molecule has 1 aromatic heterocycles. The molecule has 20 heavy (non-hydrogen) atoms. The van der Waals surface area contributed by atoms with E-state index in [0.29, 0.717) is 17.8 Å². The standard InChI is InChI=1S/C15H18ClFN2O/c1-20-13-7-3-5-11(13)19-12-6-2-4-10(17)15(12)18-14(19)8-9-16/h2,4,6,11,13H,3,5,7-9H2,1H3. The third-order valence-corrected chi connectivity index (χ3v) is 4.30. The molecule has 0 bridgehead atoms. The Kier molecular flexibility index (Phi) is 3.94. The van der Waals surface area contributed by atoms with Gasteiger partial charge in [-0.3, -0.25) is 0 Å². The number of para-hydroxylation sites is 1. The summed E-state index contributed by atoms with van der Waals surface area (Å²) < 4.78 is 21.7. The highest BCUT2D eigenvalue weighted by molar-refractivity contribution is 6.17. The van der Waals surface area contributed by atoms with Crippen molar-refractivity contribution in [3.63, 3.8) is 0 Å². The van der Waals surface area contributed by atoms with E-state index in [2.05, 4.69) is 9.55 Å². The average molecular weight is 297 g/mol. The molecular weight excluding hydrogens is 279 g/mol. The summed E-state index contributed by atoms with van der Waals surface area (Å²) in [5.41, 5.74) is 1.29. The maximum absolute atomic E-state index is 13.9. The van der Waals surface area contributed by atoms with Crippen LogP contribution in [0.5, 0.6) is 0 Å². The van der Waals surface area contributed by atoms with E-state index in [4.69, 9.17) is 16.3 Å². The largest absolute Gasteiger partial charge is 0.379 e. The lowest BCUT2D eigenvalue weighted by molar-refractivity contribution is 0.0753. The molecule has 0 N–H and O–H groups in total. The molecule has 0 radical (unpaired) electrons. The zero-order valence-electron chi connectivity index (χ0n) is 11.5. The highest BCUT2D eigenvalue weighted by Crippen LogP contribution is 2.36. The van der Waals surface area contributed by atoms with Gasteiger partial charge in [0.05, 0.1) is 17.7 Å². The minimum Gasteiger partial charge on any atom is -0.379 e. The normalized spacial score (nSPS) is 22.8. The first-order chi connectivity index (χ1) is 9.76. The molecule has 1 saturated carbocycles. The van der Waals surface area contributed by atoms with Gasteiger partial charge in [-0.05, 0) is 31.4 Å². The quantitative estimate of drug-likeness (QED) is 0.805. The molecule has 1 aliphatic carbocycles. The predicted molar refractivity (Wildman–Crippen MR) is 77.8 cm³/mol. The average Bonchev–Trinajstić information content (AvgIpc) is 3.03. The molecule has 108 valence electrons. The van der Waals surface area contributed by atoms with Crippen molar-refractivity contribution in [3.05, 3.63) is 29.8 Å². The first kappa shape index (κ1) is 13.8. The van der Waals surface area contributed by atoms with Crippen molar-refractivity contribution in [1.82, 2.24) is 9.55 Å². The van der Waals surface area contributed by atoms with Gasteiger partial charge in [0.1, 0.15) is 11.3 Å². The number of imidazole rings is 1. The van der Waals surface area contributed by atoms with Crippen molar-refractivity contribution in [1.29, 1.82) is 0 Å². The van der Waals surface area contributed by atoms with E-state index in [1.54, 1.807) is 13.2 Å². The molecule has 0 aliphatic heterocycles. The number of fused-ring (bicyclic) bond motifs is 1. The Morgan fingerprint density at radius 3 is 3.05 bits per heavy atom. The lowest BCUT2D eigenvalue weighted by atomic mass is 10.2. The number of halogens is 2. The summed E-state index contributed by atoms with van der Waals surface area (Å²) in [5, 5.41) is 0. The van der Waals surface area contributed by atoms with Crippen molar-refractivity contribution in [2.75, 3.05) is 13.0 Å². The molecular formula is C15H18ClFN2O. The Hall–Kier alpha value is -1.13. The third-order valence-electron chi connectivity index (χ3n) is 4.11. The summed E-state index contributed by atoms with van der Waals surface area (Å²) in [7, 11) is 1.74. The van der Waals surface area contributed by atoms with Crippen molar-refractivity contribution < 1.29 is 9.13 Å². The van der Waals surface area contributed by atoms with Crippen molar-refractivity contribution in [3.8, 4) is 0 Å². The van der Waals surface area contributed by atoms with Crippen LogP contribution < -0.4 is 0 Å². The van der Waals surface area contributed by atoms with Gasteiger partial charge in [0.25, 0.3) is 0 Å². The summed E-state index contributed by atoms with van der Waals surface area (Å²) in [6.07, 6.45) is 4.01. The summed E-state index contributed by atoms with van der Waals surface area (Å²) in [6, 6.07) is 5.34. The topological polar surface area (TPSA) is 27.1 Å². The molecule has 1 fully saturated rings. The second-order valence-electron chi connectivity index (χ2n) is 5.22. The number of ether oxygens (including phenoxy) is 1. The van der Waals surface area contributed by atoms with Gasteiger partial charge < -0.3 is 9.30 Å². The van der Waals surface area contributed by atoms with Gasteiger partial charge in [-0.2, -0.15) is 0 Å². The molecule has 1 heterocycles.